The second kappa shape index (κ2) is 15.4. The number of rotatable bonds is 9. The molecule has 6 aromatic rings. The van der Waals surface area contributed by atoms with Crippen molar-refractivity contribution < 1.29 is 30.0 Å². The number of nitrogens with zero attached hydrogens (tertiary/aromatic N) is 2. The Morgan fingerprint density at radius 2 is 1.47 bits per heavy atom. The maximum atomic E-state index is 12.0. The fourth-order valence-corrected chi connectivity index (χ4v) is 7.58. The van der Waals surface area contributed by atoms with Crippen LogP contribution in [0.2, 0.25) is 0 Å². The van der Waals surface area contributed by atoms with E-state index in [4.69, 9.17) is 4.98 Å². The predicted molar refractivity (Wildman–Crippen MR) is 215 cm³/mol. The van der Waals surface area contributed by atoms with E-state index >= 15 is 0 Å². The normalized spacial score (nSPS) is 13.1. The molecule has 1 radical (unpaired) electrons. The number of hydrogen-bond donors (Lipinski definition) is 1. The molecule has 0 fully saturated rings. The average Bonchev–Trinajstić information content (AvgIpc) is 3.35. The molecule has 5 heteroatoms. The van der Waals surface area contributed by atoms with Crippen LogP contribution in [-0.2, 0) is 37.7 Å². The zero-order chi connectivity index (χ0) is 36.8. The number of pyridine rings is 2. The van der Waals surface area contributed by atoms with Crippen LogP contribution in [0.1, 0.15) is 119 Å². The quantitative estimate of drug-likeness (QED) is 0.0518. The SMILES string of the molecule is CCC(CC)/C(O)=C/C(=O)C(C)(CC)CC.Cc1[c-]c2c3nccc4cc(CC(C)(C)C)cc(c43)n3c4ccc(CC(C)(C)C)cc4c(c1)c23.[Ir]. The fourth-order valence-electron chi connectivity index (χ4n) is 7.58. The molecule has 0 aliphatic carbocycles. The summed E-state index contributed by atoms with van der Waals surface area (Å²) in [5, 5.41) is 16.2. The van der Waals surface area contributed by atoms with E-state index in [1.807, 2.05) is 40.8 Å². The second-order valence-electron chi connectivity index (χ2n) is 17.3. The standard InChI is InChI=1S/C32H33N2.C14H26O2.Ir/c1-19-12-24-23-15-20(17-31(2,3)4)8-9-26(23)34-27-16-21(18-32(5,6)7)14-22-10-11-33-29(28(22)27)25(13-19)30(24)34;1-6-11(7-2)12(15)10-13(16)14(5,8-3)9-4;/h8-12,14-16H,17-18H2,1-7H3;10-11,15H,6-9H2,1-5H3;/q-1;;/b;12-10-;. The van der Waals surface area contributed by atoms with Crippen molar-refractivity contribution in [2.75, 3.05) is 0 Å². The molecule has 0 atom stereocenters. The Morgan fingerprint density at radius 3 is 2.06 bits per heavy atom. The summed E-state index contributed by atoms with van der Waals surface area (Å²) in [6.45, 7) is 26.1. The largest absolute Gasteiger partial charge is 0.512 e. The molecule has 0 aliphatic rings. The van der Waals surface area contributed by atoms with Crippen LogP contribution in [0, 0.1) is 35.2 Å². The number of fused-ring (bicyclic) bond motifs is 5. The average molecular weight is 864 g/mol. The number of benzene rings is 3. The molecule has 275 valence electrons. The number of carbonyl (C=O) groups excluding carboxylic acids is 1. The Bertz CT molecular complexity index is 2180. The molecule has 4 nitrogen and oxygen atoms in total. The second-order valence-corrected chi connectivity index (χ2v) is 17.3. The van der Waals surface area contributed by atoms with Gasteiger partial charge in [0.05, 0.1) is 5.76 Å². The van der Waals surface area contributed by atoms with Gasteiger partial charge in [-0.1, -0.05) is 112 Å². The first-order valence-corrected chi connectivity index (χ1v) is 18.8. The van der Waals surface area contributed by atoms with Crippen molar-refractivity contribution >= 4 is 54.8 Å². The molecule has 0 bridgehead atoms. The molecular weight excluding hydrogens is 805 g/mol. The Labute approximate surface area is 319 Å². The molecule has 0 saturated heterocycles. The minimum absolute atomic E-state index is 0. The van der Waals surface area contributed by atoms with Crippen molar-refractivity contribution in [2.24, 2.45) is 22.2 Å². The first-order valence-electron chi connectivity index (χ1n) is 18.8. The Hall–Kier alpha value is -3.27. The molecule has 0 amide bonds. The van der Waals surface area contributed by atoms with Crippen molar-refractivity contribution in [1.82, 2.24) is 9.38 Å². The molecule has 1 N–H and O–H groups in total. The van der Waals surface area contributed by atoms with Crippen LogP contribution in [0.25, 0.3) is 49.0 Å². The number of aryl methyl sites for hydroxylation is 1. The Morgan fingerprint density at radius 1 is 0.843 bits per heavy atom. The third-order valence-corrected chi connectivity index (χ3v) is 10.7. The van der Waals surface area contributed by atoms with Gasteiger partial charge in [-0.05, 0) is 106 Å². The van der Waals surface area contributed by atoms with Crippen molar-refractivity contribution in [3.05, 3.63) is 83.3 Å². The minimum Gasteiger partial charge on any atom is -0.512 e. The van der Waals surface area contributed by atoms with Gasteiger partial charge in [0.2, 0.25) is 0 Å². The van der Waals surface area contributed by atoms with Gasteiger partial charge in [-0.25, -0.2) is 0 Å². The monoisotopic (exact) mass is 864 g/mol. The van der Waals surface area contributed by atoms with Crippen LogP contribution >= 0.6 is 0 Å². The maximum absolute atomic E-state index is 12.0. The van der Waals surface area contributed by atoms with E-state index in [1.54, 1.807) is 0 Å². The van der Waals surface area contributed by atoms with Gasteiger partial charge in [0.15, 0.2) is 5.78 Å². The first-order chi connectivity index (χ1) is 23.4. The third kappa shape index (κ3) is 8.36. The molecule has 0 aliphatic heterocycles. The summed E-state index contributed by atoms with van der Waals surface area (Å²) >= 11 is 0. The number of hydrogen-bond acceptors (Lipinski definition) is 3. The number of carbonyl (C=O) groups is 1. The molecule has 51 heavy (non-hydrogen) atoms. The van der Waals surface area contributed by atoms with E-state index in [0.717, 1.165) is 55.0 Å². The zero-order valence-electron chi connectivity index (χ0n) is 33.1. The molecule has 0 saturated carbocycles. The molecule has 3 aromatic heterocycles. The van der Waals surface area contributed by atoms with E-state index in [0.29, 0.717) is 0 Å². The van der Waals surface area contributed by atoms with Crippen LogP contribution in [0.3, 0.4) is 0 Å². The minimum atomic E-state index is -0.319. The van der Waals surface area contributed by atoms with Crippen molar-refractivity contribution in [3.8, 4) is 0 Å². The van der Waals surface area contributed by atoms with Crippen molar-refractivity contribution in [2.45, 2.75) is 122 Å². The summed E-state index contributed by atoms with van der Waals surface area (Å²) in [6, 6.07) is 20.0. The summed E-state index contributed by atoms with van der Waals surface area (Å²) < 4.78 is 2.49. The smallest absolute Gasteiger partial charge is 0.164 e. The number of ketones is 1. The van der Waals surface area contributed by atoms with Gasteiger partial charge in [-0.2, -0.15) is 0 Å². The summed E-state index contributed by atoms with van der Waals surface area (Å²) in [4.78, 5) is 16.9. The summed E-state index contributed by atoms with van der Waals surface area (Å²) in [5.41, 5.74) is 8.94. The summed E-state index contributed by atoms with van der Waals surface area (Å²) in [7, 11) is 0. The van der Waals surface area contributed by atoms with E-state index < -0.39 is 0 Å². The van der Waals surface area contributed by atoms with Gasteiger partial charge in [0, 0.05) is 54.7 Å². The number of aliphatic hydroxyl groups is 1. The predicted octanol–water partition coefficient (Wildman–Crippen LogP) is 12.9. The van der Waals surface area contributed by atoms with Gasteiger partial charge < -0.3 is 14.5 Å². The topological polar surface area (TPSA) is 54.6 Å². The first kappa shape index (κ1) is 40.5. The van der Waals surface area contributed by atoms with Gasteiger partial charge in [-0.15, -0.1) is 17.7 Å². The van der Waals surface area contributed by atoms with Gasteiger partial charge in [0.25, 0.3) is 0 Å². The summed E-state index contributed by atoms with van der Waals surface area (Å²) in [5.74, 6) is 0.437. The van der Waals surface area contributed by atoms with Crippen LogP contribution in [0.5, 0.6) is 0 Å². The molecule has 3 heterocycles. The summed E-state index contributed by atoms with van der Waals surface area (Å²) in [6.07, 6.45) is 8.90. The molecule has 6 rings (SSSR count). The van der Waals surface area contributed by atoms with Gasteiger partial charge in [-0.3, -0.25) is 4.79 Å². The molecule has 3 aromatic carbocycles. The van der Waals surface area contributed by atoms with Crippen LogP contribution < -0.4 is 0 Å². The fraction of sp³-hybridized carbons (Fsp3) is 0.478. The van der Waals surface area contributed by atoms with E-state index in [-0.39, 0.29) is 53.8 Å². The van der Waals surface area contributed by atoms with E-state index in [2.05, 4.69) is 101 Å². The third-order valence-electron chi connectivity index (χ3n) is 10.7. The molecule has 0 spiro atoms. The molecular formula is C46H59IrN2O2-. The number of aliphatic hydroxyl groups excluding tert-OH is 1. The van der Waals surface area contributed by atoms with Crippen molar-refractivity contribution in [1.29, 1.82) is 0 Å². The zero-order valence-corrected chi connectivity index (χ0v) is 35.5. The van der Waals surface area contributed by atoms with Crippen LogP contribution in [0.15, 0.2) is 60.5 Å². The van der Waals surface area contributed by atoms with E-state index in [1.165, 1.54) is 55.3 Å². The van der Waals surface area contributed by atoms with Gasteiger partial charge >= 0.3 is 0 Å². The maximum Gasteiger partial charge on any atom is 0.164 e. The Balaban J connectivity index is 0.000000294. The van der Waals surface area contributed by atoms with Gasteiger partial charge in [0.1, 0.15) is 0 Å². The van der Waals surface area contributed by atoms with Crippen molar-refractivity contribution in [3.63, 3.8) is 0 Å². The number of aromatic nitrogens is 2. The molecule has 0 unspecified atom stereocenters. The number of allylic oxidation sites excluding steroid dienone is 2. The van der Waals surface area contributed by atoms with Crippen LogP contribution in [-0.4, -0.2) is 20.3 Å². The Kier molecular flexibility index (Phi) is 12.2. The van der Waals surface area contributed by atoms with Crippen LogP contribution in [0.4, 0.5) is 0 Å². The van der Waals surface area contributed by atoms with E-state index in [9.17, 15) is 9.90 Å².